The van der Waals surface area contributed by atoms with E-state index < -0.39 is 6.10 Å². The van der Waals surface area contributed by atoms with Crippen LogP contribution in [-0.2, 0) is 4.79 Å². The number of hydrogen-bond acceptors (Lipinski definition) is 6. The first-order chi connectivity index (χ1) is 13.6. The van der Waals surface area contributed by atoms with E-state index >= 15 is 0 Å². The molecule has 1 unspecified atom stereocenters. The molecular formula is C19H15N5O3S. The van der Waals surface area contributed by atoms with E-state index in [2.05, 4.69) is 15.3 Å². The molecule has 2 aromatic carbocycles. The molecule has 3 heterocycles. The Bertz CT molecular complexity index is 1180. The molecule has 0 fully saturated rings. The second-order valence-corrected chi connectivity index (χ2v) is 6.78. The zero-order chi connectivity index (χ0) is 19.3. The molecule has 2 aliphatic heterocycles. The second-order valence-electron chi connectivity index (χ2n) is 6.39. The van der Waals surface area contributed by atoms with Crippen LogP contribution in [0.25, 0.3) is 0 Å². The Morgan fingerprint density at radius 1 is 1.18 bits per heavy atom. The summed E-state index contributed by atoms with van der Waals surface area (Å²) in [5.41, 5.74) is 1.85. The van der Waals surface area contributed by atoms with Gasteiger partial charge < -0.3 is 14.4 Å². The maximum absolute atomic E-state index is 12.7. The van der Waals surface area contributed by atoms with Crippen molar-refractivity contribution in [3.63, 3.8) is 0 Å². The molecule has 0 saturated carbocycles. The van der Waals surface area contributed by atoms with Crippen LogP contribution in [0.4, 0.5) is 5.69 Å². The molecule has 1 aromatic heterocycles. The molecule has 3 aromatic rings. The maximum atomic E-state index is 12.7. The molecule has 1 N–H and O–H groups in total. The summed E-state index contributed by atoms with van der Waals surface area (Å²) in [5.74, 6) is 1.52. The van der Waals surface area contributed by atoms with E-state index in [1.165, 1.54) is 4.68 Å². The van der Waals surface area contributed by atoms with Gasteiger partial charge in [-0.2, -0.15) is 14.9 Å². The van der Waals surface area contributed by atoms with E-state index in [0.717, 1.165) is 11.3 Å². The van der Waals surface area contributed by atoms with Gasteiger partial charge in [-0.05, 0) is 30.4 Å². The lowest BCUT2D eigenvalue weighted by molar-refractivity contribution is -0.112. The van der Waals surface area contributed by atoms with Crippen LogP contribution < -0.4 is 14.4 Å². The van der Waals surface area contributed by atoms with Crippen molar-refractivity contribution in [2.24, 2.45) is 5.10 Å². The van der Waals surface area contributed by atoms with Crippen LogP contribution in [0.5, 0.6) is 11.5 Å². The Hall–Kier alpha value is -3.46. The van der Waals surface area contributed by atoms with Gasteiger partial charge in [0, 0.05) is 12.6 Å². The van der Waals surface area contributed by atoms with Crippen molar-refractivity contribution in [1.29, 1.82) is 0 Å². The van der Waals surface area contributed by atoms with Gasteiger partial charge in [0.05, 0.1) is 5.69 Å². The molecule has 140 valence electrons. The predicted molar refractivity (Wildman–Crippen MR) is 105 cm³/mol. The van der Waals surface area contributed by atoms with Crippen LogP contribution in [-0.4, -0.2) is 40.1 Å². The van der Waals surface area contributed by atoms with Crippen LogP contribution in [0.2, 0.25) is 0 Å². The lowest BCUT2D eigenvalue weighted by Gasteiger charge is -2.25. The van der Waals surface area contributed by atoms with E-state index in [-0.39, 0.29) is 17.3 Å². The minimum Gasteiger partial charge on any atom is -0.485 e. The molecule has 0 radical (unpaired) electrons. The molecule has 9 heteroatoms. The van der Waals surface area contributed by atoms with E-state index in [9.17, 15) is 4.79 Å². The minimum absolute atomic E-state index is 0.207. The number of aromatic amines is 1. The highest BCUT2D eigenvalue weighted by molar-refractivity contribution is 7.71. The number of rotatable bonds is 2. The molecule has 0 saturated heterocycles. The van der Waals surface area contributed by atoms with Crippen molar-refractivity contribution < 1.29 is 14.3 Å². The van der Waals surface area contributed by atoms with Gasteiger partial charge in [0.15, 0.2) is 29.1 Å². The average Bonchev–Trinajstić information content (AvgIpc) is 3.21. The number of nitrogens with one attached hydrogen (secondary N) is 1. The molecule has 1 amide bonds. The Balaban J connectivity index is 1.57. The number of para-hydroxylation sites is 3. The number of likely N-dealkylation sites (N-methyl/N-ethyl adjacent to an activating group) is 1. The predicted octanol–water partition coefficient (Wildman–Crippen LogP) is 2.68. The molecule has 1 atom stereocenters. The first kappa shape index (κ1) is 16.7. The summed E-state index contributed by atoms with van der Waals surface area (Å²) in [4.78, 5) is 14.3. The van der Waals surface area contributed by atoms with Gasteiger partial charge in [-0.25, -0.2) is 5.10 Å². The molecule has 0 aliphatic carbocycles. The van der Waals surface area contributed by atoms with Gasteiger partial charge in [0.2, 0.25) is 4.77 Å². The van der Waals surface area contributed by atoms with E-state index in [1.54, 1.807) is 11.9 Å². The summed E-state index contributed by atoms with van der Waals surface area (Å²) in [6.07, 6.45) is -0.517. The van der Waals surface area contributed by atoms with Gasteiger partial charge in [-0.15, -0.1) is 0 Å². The Kier molecular flexibility index (Phi) is 3.76. The minimum atomic E-state index is -0.517. The third kappa shape index (κ3) is 2.51. The lowest BCUT2D eigenvalue weighted by Crippen LogP contribution is -2.27. The number of carbonyl (C=O) groups excluding carboxylic acids is 1. The molecule has 28 heavy (non-hydrogen) atoms. The molecule has 5 rings (SSSR count). The third-order valence-electron chi connectivity index (χ3n) is 4.70. The van der Waals surface area contributed by atoms with Crippen molar-refractivity contribution in [2.75, 3.05) is 18.6 Å². The standard InChI is InChI=1S/C19H15N5O3S/c1-23-12-7-3-2-6-11(12)16(18(23)25)22-24-17(20-21-19(24)28)15-10-26-13-8-4-5-9-14(13)27-15/h2-9,15H,10H2,1H3,(H,21,28). The van der Waals surface area contributed by atoms with Crippen LogP contribution in [0.1, 0.15) is 17.5 Å². The fourth-order valence-electron chi connectivity index (χ4n) is 3.30. The van der Waals surface area contributed by atoms with Crippen LogP contribution in [0.3, 0.4) is 0 Å². The van der Waals surface area contributed by atoms with Crippen molar-refractivity contribution in [3.8, 4) is 11.5 Å². The van der Waals surface area contributed by atoms with Gasteiger partial charge >= 0.3 is 0 Å². The first-order valence-corrected chi connectivity index (χ1v) is 9.06. The van der Waals surface area contributed by atoms with Crippen molar-refractivity contribution in [1.82, 2.24) is 14.9 Å². The lowest BCUT2D eigenvalue weighted by atomic mass is 10.1. The summed E-state index contributed by atoms with van der Waals surface area (Å²) < 4.78 is 13.5. The number of H-pyrrole nitrogens is 1. The summed E-state index contributed by atoms with van der Waals surface area (Å²) >= 11 is 5.34. The number of nitrogens with zero attached hydrogens (tertiary/aromatic N) is 4. The molecule has 2 aliphatic rings. The Morgan fingerprint density at radius 3 is 2.79 bits per heavy atom. The molecule has 8 nitrogen and oxygen atoms in total. The van der Waals surface area contributed by atoms with Crippen molar-refractivity contribution in [2.45, 2.75) is 6.10 Å². The maximum Gasteiger partial charge on any atom is 0.279 e. The summed E-state index contributed by atoms with van der Waals surface area (Å²) in [6.45, 7) is 0.256. The van der Waals surface area contributed by atoms with E-state index in [1.807, 2.05) is 48.5 Å². The van der Waals surface area contributed by atoms with Crippen LogP contribution in [0.15, 0.2) is 53.6 Å². The molecule has 0 bridgehead atoms. The number of aromatic nitrogens is 3. The van der Waals surface area contributed by atoms with Gasteiger partial charge in [-0.1, -0.05) is 30.3 Å². The average molecular weight is 393 g/mol. The second kappa shape index (κ2) is 6.31. The fourth-order valence-corrected chi connectivity index (χ4v) is 3.48. The zero-order valence-corrected chi connectivity index (χ0v) is 15.6. The van der Waals surface area contributed by atoms with Crippen molar-refractivity contribution >= 4 is 29.5 Å². The van der Waals surface area contributed by atoms with Gasteiger partial charge in [0.25, 0.3) is 5.91 Å². The fraction of sp³-hybridized carbons (Fsp3) is 0.158. The number of fused-ring (bicyclic) bond motifs is 2. The third-order valence-corrected chi connectivity index (χ3v) is 4.96. The number of carbonyl (C=O) groups is 1. The van der Waals surface area contributed by atoms with Crippen molar-refractivity contribution in [3.05, 3.63) is 64.7 Å². The number of ether oxygens (including phenoxy) is 2. The summed E-state index contributed by atoms with van der Waals surface area (Å²) in [6, 6.07) is 14.9. The number of hydrogen-bond donors (Lipinski definition) is 1. The largest absolute Gasteiger partial charge is 0.485 e. The quantitative estimate of drug-likeness (QED) is 0.677. The SMILES string of the molecule is CN1C(=O)C(=Nn2c(C3COc4ccccc4O3)n[nH]c2=S)c2ccccc21. The number of benzene rings is 2. The van der Waals surface area contributed by atoms with Crippen LogP contribution >= 0.6 is 12.2 Å². The Labute approximate surface area is 165 Å². The monoisotopic (exact) mass is 393 g/mol. The summed E-state index contributed by atoms with van der Waals surface area (Å²) in [5, 5.41) is 11.5. The Morgan fingerprint density at radius 2 is 1.93 bits per heavy atom. The zero-order valence-electron chi connectivity index (χ0n) is 14.8. The topological polar surface area (TPSA) is 84.7 Å². The molecule has 0 spiro atoms. The number of anilines is 1. The highest BCUT2D eigenvalue weighted by atomic mass is 32.1. The highest BCUT2D eigenvalue weighted by Crippen LogP contribution is 2.35. The normalized spacial score (nSPS) is 19.2. The number of amides is 1. The van der Waals surface area contributed by atoms with Crippen LogP contribution in [0, 0.1) is 4.77 Å². The highest BCUT2D eigenvalue weighted by Gasteiger charge is 2.33. The van der Waals surface area contributed by atoms with E-state index in [0.29, 0.717) is 23.0 Å². The van der Waals surface area contributed by atoms with E-state index in [4.69, 9.17) is 21.7 Å². The first-order valence-electron chi connectivity index (χ1n) is 8.65. The van der Waals surface area contributed by atoms with Gasteiger partial charge in [0.1, 0.15) is 6.61 Å². The molecular weight excluding hydrogens is 378 g/mol. The summed E-state index contributed by atoms with van der Waals surface area (Å²) in [7, 11) is 1.72. The smallest absolute Gasteiger partial charge is 0.279 e. The van der Waals surface area contributed by atoms with Gasteiger partial charge in [-0.3, -0.25) is 4.79 Å².